The first-order valence-corrected chi connectivity index (χ1v) is 9.57. The van der Waals surface area contributed by atoms with E-state index in [4.69, 9.17) is 4.74 Å². The third-order valence-corrected chi connectivity index (χ3v) is 6.86. The second-order valence-corrected chi connectivity index (χ2v) is 8.10. The van der Waals surface area contributed by atoms with Crippen molar-refractivity contribution in [2.24, 2.45) is 17.8 Å². The van der Waals surface area contributed by atoms with E-state index in [2.05, 4.69) is 16.8 Å². The number of phenols is 1. The van der Waals surface area contributed by atoms with Crippen LogP contribution in [-0.2, 0) is 16.0 Å². The van der Waals surface area contributed by atoms with E-state index in [9.17, 15) is 15.0 Å². The first-order chi connectivity index (χ1) is 13.0. The maximum Gasteiger partial charge on any atom is 0.335 e. The summed E-state index contributed by atoms with van der Waals surface area (Å²) < 4.78 is 5.03. The van der Waals surface area contributed by atoms with Crippen LogP contribution >= 0.6 is 0 Å². The maximum absolute atomic E-state index is 12.4. The number of nitrogens with one attached hydrogen (secondary N) is 1. The number of H-pyrrole nitrogens is 1. The van der Waals surface area contributed by atoms with E-state index in [0.29, 0.717) is 12.0 Å². The Balaban J connectivity index is 1.68. The molecule has 1 saturated carbocycles. The molecule has 142 valence electrons. The van der Waals surface area contributed by atoms with Gasteiger partial charge in [-0.15, -0.1) is 0 Å². The predicted octanol–water partition coefficient (Wildman–Crippen LogP) is 2.48. The zero-order chi connectivity index (χ0) is 18.9. The van der Waals surface area contributed by atoms with Gasteiger partial charge in [0.25, 0.3) is 0 Å². The molecule has 27 heavy (non-hydrogen) atoms. The Morgan fingerprint density at radius 3 is 2.96 bits per heavy atom. The first-order valence-electron chi connectivity index (χ1n) is 9.57. The van der Waals surface area contributed by atoms with Crippen molar-refractivity contribution >= 4 is 16.9 Å². The van der Waals surface area contributed by atoms with Crippen molar-refractivity contribution in [1.29, 1.82) is 0 Å². The molecule has 1 aliphatic carbocycles. The smallest absolute Gasteiger partial charge is 0.335 e. The number of phenolic OH excluding ortho intramolecular Hbond substituents is 1. The normalized spacial score (nSPS) is 31.9. The Kier molecular flexibility index (Phi) is 3.56. The fourth-order valence-electron chi connectivity index (χ4n) is 5.58. The van der Waals surface area contributed by atoms with Crippen molar-refractivity contribution in [1.82, 2.24) is 9.88 Å². The fraction of sp³-hybridized carbons (Fsp3) is 0.476. The number of carbonyl (C=O) groups is 1. The van der Waals surface area contributed by atoms with E-state index >= 15 is 0 Å². The number of aromatic amines is 1. The zero-order valence-corrected chi connectivity index (χ0v) is 15.5. The van der Waals surface area contributed by atoms with Gasteiger partial charge in [-0.05, 0) is 48.4 Å². The summed E-state index contributed by atoms with van der Waals surface area (Å²) in [7, 11) is 1.41. The molecule has 1 fully saturated rings. The lowest BCUT2D eigenvalue weighted by Crippen LogP contribution is -2.44. The highest BCUT2D eigenvalue weighted by Gasteiger charge is 2.53. The van der Waals surface area contributed by atoms with Crippen LogP contribution in [0.2, 0.25) is 0 Å². The van der Waals surface area contributed by atoms with Gasteiger partial charge in [-0.2, -0.15) is 0 Å². The van der Waals surface area contributed by atoms with Crippen LogP contribution in [0.5, 0.6) is 5.75 Å². The van der Waals surface area contributed by atoms with Crippen molar-refractivity contribution in [2.75, 3.05) is 13.7 Å². The summed E-state index contributed by atoms with van der Waals surface area (Å²) in [5.41, 5.74) is 4.09. The molecule has 3 N–H and O–H groups in total. The van der Waals surface area contributed by atoms with E-state index in [1.807, 2.05) is 18.3 Å². The average molecular weight is 368 g/mol. The molecule has 1 unspecified atom stereocenters. The molecule has 2 aliphatic heterocycles. The Hall–Kier alpha value is -2.47. The number of methoxy groups -OCH3 is 1. The average Bonchev–Trinajstić information content (AvgIpc) is 3.17. The van der Waals surface area contributed by atoms with Gasteiger partial charge in [0.2, 0.25) is 0 Å². The summed E-state index contributed by atoms with van der Waals surface area (Å²) in [4.78, 5) is 18.2. The largest absolute Gasteiger partial charge is 0.508 e. The number of aliphatic hydroxyl groups is 1. The lowest BCUT2D eigenvalue weighted by atomic mass is 9.74. The number of fused-ring (bicyclic) bond motifs is 7. The van der Waals surface area contributed by atoms with Crippen LogP contribution in [0.4, 0.5) is 0 Å². The molecule has 1 aromatic carbocycles. The predicted molar refractivity (Wildman–Crippen MR) is 100.0 cm³/mol. The summed E-state index contributed by atoms with van der Waals surface area (Å²) in [6, 6.07) is 5.52. The molecule has 0 bridgehead atoms. The summed E-state index contributed by atoms with van der Waals surface area (Å²) in [6.45, 7) is 2.88. The molecule has 6 nitrogen and oxygen atoms in total. The van der Waals surface area contributed by atoms with Crippen LogP contribution < -0.4 is 0 Å². The maximum atomic E-state index is 12.4. The first kappa shape index (κ1) is 16.7. The van der Waals surface area contributed by atoms with E-state index in [-0.39, 0.29) is 35.5 Å². The number of carbonyl (C=O) groups excluding carboxylic acids is 1. The molecule has 0 spiro atoms. The van der Waals surface area contributed by atoms with Crippen LogP contribution in [0.1, 0.15) is 30.6 Å². The number of aromatic hydroxyl groups is 1. The highest BCUT2D eigenvalue weighted by Crippen LogP contribution is 2.54. The summed E-state index contributed by atoms with van der Waals surface area (Å²) in [6.07, 6.45) is 2.96. The molecule has 0 amide bonds. The van der Waals surface area contributed by atoms with E-state index in [1.165, 1.54) is 12.7 Å². The third kappa shape index (κ3) is 2.26. The standard InChI is InChI=1S/C21H24N2O4/c1-10-17(25)8-14-15(21(26)27-2)9-23-6-5-12-13-7-11(24)3-4-16(13)22-19(12)20(23)18(10)14/h3-4,7,9-10,14,17-18,20,22,24-25H,5-6,8H2,1-2H3/t10-,14?,17-,18+,20-/m0/s1. The second kappa shape index (κ2) is 5.76. The van der Waals surface area contributed by atoms with Gasteiger partial charge in [0, 0.05) is 35.3 Å². The van der Waals surface area contributed by atoms with Crippen LogP contribution in [0, 0.1) is 17.8 Å². The minimum atomic E-state index is -0.424. The third-order valence-electron chi connectivity index (χ3n) is 6.86. The molecule has 5 rings (SSSR count). The Labute approximate surface area is 157 Å². The lowest BCUT2D eigenvalue weighted by molar-refractivity contribution is -0.137. The van der Waals surface area contributed by atoms with Gasteiger partial charge in [0.15, 0.2) is 0 Å². The van der Waals surface area contributed by atoms with Crippen LogP contribution in [0.25, 0.3) is 10.9 Å². The quantitative estimate of drug-likeness (QED) is 0.674. The molecule has 2 aromatic rings. The van der Waals surface area contributed by atoms with Crippen molar-refractivity contribution in [3.63, 3.8) is 0 Å². The highest BCUT2D eigenvalue weighted by atomic mass is 16.5. The molecule has 6 heteroatoms. The van der Waals surface area contributed by atoms with E-state index in [1.54, 1.807) is 6.07 Å². The van der Waals surface area contributed by atoms with Crippen molar-refractivity contribution in [3.8, 4) is 5.75 Å². The fourth-order valence-corrected chi connectivity index (χ4v) is 5.58. The molecule has 0 saturated heterocycles. The number of hydrogen-bond acceptors (Lipinski definition) is 5. The van der Waals surface area contributed by atoms with Crippen LogP contribution in [0.3, 0.4) is 0 Å². The van der Waals surface area contributed by atoms with Gasteiger partial charge < -0.3 is 24.8 Å². The highest BCUT2D eigenvalue weighted by molar-refractivity contribution is 5.90. The molecular formula is C21H24N2O4. The Morgan fingerprint density at radius 2 is 2.19 bits per heavy atom. The van der Waals surface area contributed by atoms with Gasteiger partial charge in [-0.3, -0.25) is 0 Å². The number of hydrogen-bond donors (Lipinski definition) is 3. The minimum absolute atomic E-state index is 0.00512. The molecular weight excluding hydrogens is 344 g/mol. The molecule has 3 heterocycles. The van der Waals surface area contributed by atoms with Crippen molar-refractivity contribution in [3.05, 3.63) is 41.2 Å². The number of rotatable bonds is 1. The molecule has 1 aromatic heterocycles. The van der Waals surface area contributed by atoms with Crippen molar-refractivity contribution in [2.45, 2.75) is 31.9 Å². The number of nitrogens with zero attached hydrogens (tertiary/aromatic N) is 1. The SMILES string of the molecule is COC(=O)C1=CN2CCc3c([nH]c4ccc(O)cc34)[C@@H]2[C@H]2C1C[C@H](O)[C@@H]2C. The number of esters is 1. The summed E-state index contributed by atoms with van der Waals surface area (Å²) in [5, 5.41) is 21.6. The van der Waals surface area contributed by atoms with Gasteiger partial charge in [-0.1, -0.05) is 6.92 Å². The minimum Gasteiger partial charge on any atom is -0.508 e. The zero-order valence-electron chi connectivity index (χ0n) is 15.5. The molecule has 5 atom stereocenters. The van der Waals surface area contributed by atoms with Gasteiger partial charge in [0.05, 0.1) is 24.8 Å². The summed E-state index contributed by atoms with van der Waals surface area (Å²) >= 11 is 0. The van der Waals surface area contributed by atoms with Crippen LogP contribution in [-0.4, -0.2) is 45.8 Å². The topological polar surface area (TPSA) is 85.8 Å². The van der Waals surface area contributed by atoms with Gasteiger partial charge in [-0.25, -0.2) is 4.79 Å². The van der Waals surface area contributed by atoms with E-state index < -0.39 is 6.10 Å². The number of aliphatic hydroxyl groups excluding tert-OH is 1. The summed E-state index contributed by atoms with van der Waals surface area (Å²) in [5.74, 6) is 0.193. The van der Waals surface area contributed by atoms with Crippen molar-refractivity contribution < 1.29 is 19.7 Å². The number of aromatic nitrogens is 1. The number of benzene rings is 1. The lowest BCUT2D eigenvalue weighted by Gasteiger charge is -2.46. The van der Waals surface area contributed by atoms with Gasteiger partial charge >= 0.3 is 5.97 Å². The Morgan fingerprint density at radius 1 is 1.37 bits per heavy atom. The van der Waals surface area contributed by atoms with E-state index in [0.717, 1.165) is 29.6 Å². The molecule has 3 aliphatic rings. The Bertz CT molecular complexity index is 962. The van der Waals surface area contributed by atoms with Gasteiger partial charge in [0.1, 0.15) is 5.75 Å². The molecule has 0 radical (unpaired) electrons. The second-order valence-electron chi connectivity index (χ2n) is 8.10. The van der Waals surface area contributed by atoms with Crippen LogP contribution in [0.15, 0.2) is 30.0 Å². The number of ether oxygens (including phenoxy) is 1. The monoisotopic (exact) mass is 368 g/mol.